The Morgan fingerprint density at radius 2 is 1.83 bits per heavy atom. The third-order valence-electron chi connectivity index (χ3n) is 4.21. The lowest BCUT2D eigenvalue weighted by Gasteiger charge is -2.17. The minimum Gasteiger partial charge on any atom is -0.452 e. The number of nitrogens with one attached hydrogen (secondary N) is 1. The Hall–Kier alpha value is -3.16. The number of hydrogen-bond acceptors (Lipinski definition) is 5. The van der Waals surface area contributed by atoms with Crippen molar-refractivity contribution in [3.63, 3.8) is 0 Å². The van der Waals surface area contributed by atoms with E-state index in [-0.39, 0.29) is 34.7 Å². The zero-order valence-corrected chi connectivity index (χ0v) is 17.7. The molecule has 1 N–H and O–H groups in total. The summed E-state index contributed by atoms with van der Waals surface area (Å²) >= 11 is 7.42. The van der Waals surface area contributed by atoms with Gasteiger partial charge >= 0.3 is 5.97 Å². The first kappa shape index (κ1) is 21.5. The average Bonchev–Trinajstić information content (AvgIpc) is 3.29. The zero-order valence-electron chi connectivity index (χ0n) is 16.1. The number of benzene rings is 2. The van der Waals surface area contributed by atoms with Gasteiger partial charge in [0.15, 0.2) is 6.61 Å². The van der Waals surface area contributed by atoms with Gasteiger partial charge in [-0.05, 0) is 35.2 Å². The highest BCUT2D eigenvalue weighted by molar-refractivity contribution is 7.12. The molecule has 3 aromatic rings. The van der Waals surface area contributed by atoms with Gasteiger partial charge in [-0.15, -0.1) is 11.3 Å². The standard InChI is InChI=1S/C22H19ClN2O4S/c1-25(13-15-6-3-2-4-7-15)20(26)14-29-22(28)16-9-10-17(23)18(12-16)24-21(27)19-8-5-11-30-19/h2-12H,13-14H2,1H3,(H,24,27). The van der Waals surface area contributed by atoms with Gasteiger partial charge in [-0.1, -0.05) is 48.0 Å². The molecule has 154 valence electrons. The molecule has 6 nitrogen and oxygen atoms in total. The van der Waals surface area contributed by atoms with Gasteiger partial charge in [0.1, 0.15) is 0 Å². The molecular formula is C22H19ClN2O4S. The monoisotopic (exact) mass is 442 g/mol. The van der Waals surface area contributed by atoms with Crippen LogP contribution in [0.5, 0.6) is 0 Å². The number of esters is 1. The van der Waals surface area contributed by atoms with E-state index >= 15 is 0 Å². The second-order valence-corrected chi connectivity index (χ2v) is 7.79. The Morgan fingerprint density at radius 3 is 2.53 bits per heavy atom. The molecule has 8 heteroatoms. The number of nitrogens with zero attached hydrogens (tertiary/aromatic N) is 1. The van der Waals surface area contributed by atoms with E-state index in [9.17, 15) is 14.4 Å². The van der Waals surface area contributed by atoms with Crippen LogP contribution in [-0.4, -0.2) is 36.3 Å². The van der Waals surface area contributed by atoms with Crippen molar-refractivity contribution < 1.29 is 19.1 Å². The molecule has 2 aromatic carbocycles. The first-order valence-corrected chi connectivity index (χ1v) is 10.3. The molecule has 0 bridgehead atoms. The van der Waals surface area contributed by atoms with Gasteiger partial charge in [0, 0.05) is 13.6 Å². The fourth-order valence-corrected chi connectivity index (χ4v) is 3.39. The minimum absolute atomic E-state index is 0.180. The maximum atomic E-state index is 12.4. The molecule has 0 radical (unpaired) electrons. The van der Waals surface area contributed by atoms with Gasteiger partial charge in [-0.3, -0.25) is 9.59 Å². The summed E-state index contributed by atoms with van der Waals surface area (Å²) in [6, 6.07) is 17.3. The van der Waals surface area contributed by atoms with Gasteiger partial charge < -0.3 is 15.0 Å². The van der Waals surface area contributed by atoms with Crippen LogP contribution in [-0.2, 0) is 16.1 Å². The lowest BCUT2D eigenvalue weighted by Crippen LogP contribution is -2.30. The Labute approximate surface area is 183 Å². The van der Waals surface area contributed by atoms with Crippen molar-refractivity contribution in [1.29, 1.82) is 0 Å². The lowest BCUT2D eigenvalue weighted by molar-refractivity contribution is -0.133. The maximum absolute atomic E-state index is 12.4. The number of rotatable bonds is 7. The van der Waals surface area contributed by atoms with Crippen LogP contribution < -0.4 is 5.32 Å². The van der Waals surface area contributed by atoms with Crippen LogP contribution >= 0.6 is 22.9 Å². The molecule has 2 amide bonds. The molecule has 3 rings (SSSR count). The third-order valence-corrected chi connectivity index (χ3v) is 5.41. The van der Waals surface area contributed by atoms with E-state index in [0.717, 1.165) is 5.56 Å². The van der Waals surface area contributed by atoms with E-state index in [4.69, 9.17) is 16.3 Å². The largest absolute Gasteiger partial charge is 0.452 e. The smallest absolute Gasteiger partial charge is 0.338 e. The molecule has 0 unspecified atom stereocenters. The van der Waals surface area contributed by atoms with Crippen molar-refractivity contribution in [2.24, 2.45) is 0 Å². The molecule has 0 fully saturated rings. The van der Waals surface area contributed by atoms with Crippen molar-refractivity contribution in [3.05, 3.63) is 87.1 Å². The number of ether oxygens (including phenoxy) is 1. The van der Waals surface area contributed by atoms with Crippen LogP contribution in [0.15, 0.2) is 66.0 Å². The van der Waals surface area contributed by atoms with E-state index in [1.165, 1.54) is 34.4 Å². The van der Waals surface area contributed by atoms with E-state index in [1.807, 2.05) is 30.3 Å². The summed E-state index contributed by atoms with van der Waals surface area (Å²) in [4.78, 5) is 38.8. The number of hydrogen-bond donors (Lipinski definition) is 1. The topological polar surface area (TPSA) is 75.7 Å². The highest BCUT2D eigenvalue weighted by Gasteiger charge is 2.16. The Kier molecular flexibility index (Phi) is 7.21. The Balaban J connectivity index is 1.58. The molecule has 1 aromatic heterocycles. The highest BCUT2D eigenvalue weighted by atomic mass is 35.5. The molecule has 30 heavy (non-hydrogen) atoms. The minimum atomic E-state index is -0.681. The van der Waals surface area contributed by atoms with Crippen molar-refractivity contribution in [1.82, 2.24) is 4.90 Å². The second kappa shape index (κ2) is 10.0. The number of amides is 2. The fraction of sp³-hybridized carbons (Fsp3) is 0.136. The van der Waals surface area contributed by atoms with Crippen molar-refractivity contribution in [2.75, 3.05) is 19.0 Å². The van der Waals surface area contributed by atoms with Gasteiger partial charge in [-0.2, -0.15) is 0 Å². The molecule has 0 aliphatic heterocycles. The summed E-state index contributed by atoms with van der Waals surface area (Å²) in [6.45, 7) is 0.0265. The molecule has 0 saturated carbocycles. The molecule has 0 aliphatic rings. The summed E-state index contributed by atoms with van der Waals surface area (Å²) in [6.07, 6.45) is 0. The first-order chi connectivity index (χ1) is 14.4. The van der Waals surface area contributed by atoms with Gasteiger partial charge in [0.2, 0.25) is 0 Å². The SMILES string of the molecule is CN(Cc1ccccc1)C(=O)COC(=O)c1ccc(Cl)c(NC(=O)c2cccs2)c1. The van der Waals surface area contributed by atoms with Crippen molar-refractivity contribution >= 4 is 46.4 Å². The molecule has 0 spiro atoms. The number of likely N-dealkylation sites (N-methyl/N-ethyl adjacent to an activating group) is 1. The predicted molar refractivity (Wildman–Crippen MR) is 117 cm³/mol. The average molecular weight is 443 g/mol. The van der Waals surface area contributed by atoms with Crippen molar-refractivity contribution in [3.8, 4) is 0 Å². The highest BCUT2D eigenvalue weighted by Crippen LogP contribution is 2.24. The number of carbonyl (C=O) groups is 3. The zero-order chi connectivity index (χ0) is 21.5. The summed E-state index contributed by atoms with van der Waals surface area (Å²) in [7, 11) is 1.64. The first-order valence-electron chi connectivity index (χ1n) is 9.03. The van der Waals surface area contributed by atoms with Crippen LogP contribution in [0, 0.1) is 0 Å². The number of carbonyl (C=O) groups excluding carboxylic acids is 3. The van der Waals surface area contributed by atoms with Crippen LogP contribution in [0.1, 0.15) is 25.6 Å². The summed E-state index contributed by atoms with van der Waals surface area (Å²) < 4.78 is 5.14. The van der Waals surface area contributed by atoms with Crippen LogP contribution in [0.25, 0.3) is 0 Å². The van der Waals surface area contributed by atoms with E-state index < -0.39 is 5.97 Å². The Morgan fingerprint density at radius 1 is 1.07 bits per heavy atom. The molecule has 0 atom stereocenters. The fourth-order valence-electron chi connectivity index (χ4n) is 2.61. The quantitative estimate of drug-likeness (QED) is 0.548. The number of anilines is 1. The van der Waals surface area contributed by atoms with Gasteiger partial charge in [0.25, 0.3) is 11.8 Å². The second-order valence-electron chi connectivity index (χ2n) is 6.44. The van der Waals surface area contributed by atoms with E-state index in [2.05, 4.69) is 5.32 Å². The van der Waals surface area contributed by atoms with Gasteiger partial charge in [-0.25, -0.2) is 4.79 Å². The molecule has 0 aliphatic carbocycles. The lowest BCUT2D eigenvalue weighted by atomic mass is 10.2. The molecule has 0 saturated heterocycles. The Bertz CT molecular complexity index is 1040. The van der Waals surface area contributed by atoms with E-state index in [0.29, 0.717) is 11.4 Å². The summed E-state index contributed by atoms with van der Waals surface area (Å²) in [5.41, 5.74) is 1.44. The third kappa shape index (κ3) is 5.68. The summed E-state index contributed by atoms with van der Waals surface area (Å²) in [5.74, 6) is -1.33. The maximum Gasteiger partial charge on any atom is 0.338 e. The summed E-state index contributed by atoms with van der Waals surface area (Å²) in [5, 5.41) is 4.75. The normalized spacial score (nSPS) is 10.3. The molecule has 1 heterocycles. The van der Waals surface area contributed by atoms with Crippen molar-refractivity contribution in [2.45, 2.75) is 6.54 Å². The van der Waals surface area contributed by atoms with E-state index in [1.54, 1.807) is 24.6 Å². The van der Waals surface area contributed by atoms with Crippen LogP contribution in [0.4, 0.5) is 5.69 Å². The number of halogens is 1. The number of thiophene rings is 1. The predicted octanol–water partition coefficient (Wildman–Crippen LogP) is 4.47. The van der Waals surface area contributed by atoms with Gasteiger partial charge in [0.05, 0.1) is 21.2 Å². The van der Waals surface area contributed by atoms with Crippen LogP contribution in [0.3, 0.4) is 0 Å². The molecular weight excluding hydrogens is 424 g/mol. The van der Waals surface area contributed by atoms with Crippen LogP contribution in [0.2, 0.25) is 5.02 Å².